The Morgan fingerprint density at radius 2 is 1.56 bits per heavy atom. The Balaban J connectivity index is 1.53. The third-order valence-corrected chi connectivity index (χ3v) is 6.58. The summed E-state index contributed by atoms with van der Waals surface area (Å²) in [5.41, 5.74) is 1.67. The molecule has 0 spiro atoms. The van der Waals surface area contributed by atoms with Crippen LogP contribution in [0.3, 0.4) is 0 Å². The molecule has 0 atom stereocenters. The van der Waals surface area contributed by atoms with Gasteiger partial charge < -0.3 is 19.5 Å². The van der Waals surface area contributed by atoms with Crippen LogP contribution in [-0.2, 0) is 10.0 Å². The van der Waals surface area contributed by atoms with Gasteiger partial charge in [0.1, 0.15) is 0 Å². The van der Waals surface area contributed by atoms with Gasteiger partial charge in [-0.15, -0.1) is 0 Å². The van der Waals surface area contributed by atoms with Gasteiger partial charge in [-0.3, -0.25) is 9.52 Å². The summed E-state index contributed by atoms with van der Waals surface area (Å²) in [7, 11) is 0.727. The first-order chi connectivity index (χ1) is 17.3. The zero-order chi connectivity index (χ0) is 25.7. The Bertz CT molecular complexity index is 1460. The number of ether oxygens (including phenoxy) is 3. The average Bonchev–Trinajstić information content (AvgIpc) is 3.36. The number of nitrogens with zero attached hydrogens (tertiary/aromatic N) is 2. The van der Waals surface area contributed by atoms with E-state index in [1.165, 1.54) is 50.5 Å². The second-order valence-electron chi connectivity index (χ2n) is 7.51. The fourth-order valence-corrected chi connectivity index (χ4v) is 4.53. The summed E-state index contributed by atoms with van der Waals surface area (Å²) in [6, 6.07) is 18.0. The van der Waals surface area contributed by atoms with Gasteiger partial charge >= 0.3 is 0 Å². The summed E-state index contributed by atoms with van der Waals surface area (Å²) in [5, 5.41) is 7.04. The summed E-state index contributed by atoms with van der Waals surface area (Å²) in [5.74, 6) is 0.853. The first kappa shape index (κ1) is 24.6. The minimum absolute atomic E-state index is 0.142. The number of carbonyl (C=O) groups excluding carboxylic acids is 1. The van der Waals surface area contributed by atoms with Crippen molar-refractivity contribution >= 4 is 27.3 Å². The van der Waals surface area contributed by atoms with Crippen LogP contribution in [0.15, 0.2) is 84.0 Å². The molecule has 0 fully saturated rings. The first-order valence-corrected chi connectivity index (χ1v) is 12.2. The zero-order valence-electron chi connectivity index (χ0n) is 19.8. The van der Waals surface area contributed by atoms with Gasteiger partial charge in [0.25, 0.3) is 15.9 Å². The van der Waals surface area contributed by atoms with Crippen LogP contribution in [0.25, 0.3) is 5.69 Å². The predicted molar refractivity (Wildman–Crippen MR) is 135 cm³/mol. The molecule has 1 amide bonds. The normalized spacial score (nSPS) is 11.0. The molecule has 0 bridgehead atoms. The van der Waals surface area contributed by atoms with E-state index in [-0.39, 0.29) is 16.5 Å². The minimum Gasteiger partial charge on any atom is -0.493 e. The van der Waals surface area contributed by atoms with Crippen molar-refractivity contribution in [2.75, 3.05) is 31.4 Å². The Kier molecular flexibility index (Phi) is 7.11. The average molecular weight is 509 g/mol. The number of rotatable bonds is 9. The van der Waals surface area contributed by atoms with E-state index >= 15 is 0 Å². The van der Waals surface area contributed by atoms with Crippen molar-refractivity contribution in [1.29, 1.82) is 0 Å². The lowest BCUT2D eigenvalue weighted by molar-refractivity contribution is 0.102. The van der Waals surface area contributed by atoms with Crippen LogP contribution in [0.2, 0.25) is 0 Å². The van der Waals surface area contributed by atoms with Crippen molar-refractivity contribution in [3.05, 3.63) is 84.7 Å². The molecule has 0 saturated heterocycles. The van der Waals surface area contributed by atoms with E-state index in [1.54, 1.807) is 54.6 Å². The largest absolute Gasteiger partial charge is 0.493 e. The lowest BCUT2D eigenvalue weighted by atomic mass is 10.1. The van der Waals surface area contributed by atoms with E-state index in [0.29, 0.717) is 34.2 Å². The summed E-state index contributed by atoms with van der Waals surface area (Å²) >= 11 is 0. The number of amides is 1. The fourth-order valence-electron chi connectivity index (χ4n) is 3.48. The number of aromatic nitrogens is 2. The molecule has 3 aromatic carbocycles. The van der Waals surface area contributed by atoms with E-state index in [0.717, 1.165) is 0 Å². The van der Waals surface area contributed by atoms with Crippen molar-refractivity contribution in [1.82, 2.24) is 9.78 Å². The molecule has 0 unspecified atom stereocenters. The Morgan fingerprint density at radius 3 is 2.19 bits per heavy atom. The van der Waals surface area contributed by atoms with E-state index in [9.17, 15) is 13.2 Å². The van der Waals surface area contributed by atoms with Crippen molar-refractivity contribution in [2.24, 2.45) is 0 Å². The molecular weight excluding hydrogens is 484 g/mol. The SMILES string of the molecule is COc1cc(NC(=O)c2cccc(-n3cc(NS(=O)(=O)c4ccccc4)cn3)c2)cc(OC)c1OC. The van der Waals surface area contributed by atoms with Gasteiger partial charge in [-0.1, -0.05) is 24.3 Å². The maximum atomic E-state index is 13.0. The fraction of sp³-hybridized carbons (Fsp3) is 0.120. The van der Waals surface area contributed by atoms with Crippen molar-refractivity contribution in [3.63, 3.8) is 0 Å². The van der Waals surface area contributed by atoms with E-state index < -0.39 is 10.0 Å². The van der Waals surface area contributed by atoms with E-state index in [2.05, 4.69) is 15.1 Å². The number of hydrogen-bond acceptors (Lipinski definition) is 7. The van der Waals surface area contributed by atoms with E-state index in [4.69, 9.17) is 14.2 Å². The van der Waals surface area contributed by atoms with Crippen LogP contribution in [0.4, 0.5) is 11.4 Å². The predicted octanol–water partition coefficient (Wildman–Crippen LogP) is 3.95. The number of methoxy groups -OCH3 is 3. The monoisotopic (exact) mass is 508 g/mol. The molecule has 1 heterocycles. The maximum absolute atomic E-state index is 13.0. The summed E-state index contributed by atoms with van der Waals surface area (Å²) in [6.07, 6.45) is 2.92. The molecule has 0 aliphatic rings. The molecule has 0 saturated carbocycles. The van der Waals surface area contributed by atoms with Gasteiger partial charge in [-0.2, -0.15) is 5.10 Å². The maximum Gasteiger partial charge on any atom is 0.261 e. The number of hydrogen-bond donors (Lipinski definition) is 2. The van der Waals surface area contributed by atoms with Gasteiger partial charge in [-0.05, 0) is 30.3 Å². The lowest BCUT2D eigenvalue weighted by Gasteiger charge is -2.14. The molecule has 0 radical (unpaired) electrons. The van der Waals surface area contributed by atoms with Gasteiger partial charge in [0.15, 0.2) is 11.5 Å². The number of nitrogens with one attached hydrogen (secondary N) is 2. The topological polar surface area (TPSA) is 121 Å². The van der Waals surface area contributed by atoms with Crippen molar-refractivity contribution < 1.29 is 27.4 Å². The van der Waals surface area contributed by atoms with Crippen LogP contribution in [-0.4, -0.2) is 45.4 Å². The van der Waals surface area contributed by atoms with Crippen molar-refractivity contribution in [2.45, 2.75) is 4.90 Å². The molecule has 0 aliphatic carbocycles. The van der Waals surface area contributed by atoms with Crippen LogP contribution >= 0.6 is 0 Å². The number of carbonyl (C=O) groups is 1. The third-order valence-electron chi connectivity index (χ3n) is 5.18. The molecule has 11 heteroatoms. The summed E-state index contributed by atoms with van der Waals surface area (Å²) in [6.45, 7) is 0. The van der Waals surface area contributed by atoms with Crippen LogP contribution < -0.4 is 24.2 Å². The van der Waals surface area contributed by atoms with Gasteiger partial charge in [0.2, 0.25) is 5.75 Å². The van der Waals surface area contributed by atoms with Gasteiger partial charge in [0, 0.05) is 23.4 Å². The highest BCUT2D eigenvalue weighted by Gasteiger charge is 2.17. The standard InChI is InChI=1S/C25H24N4O6S/c1-33-22-13-18(14-23(34-2)24(22)35-3)27-25(30)17-8-7-9-20(12-17)29-16-19(15-26-29)28-36(31,32)21-10-5-4-6-11-21/h4-16,28H,1-3H3,(H,27,30). The number of sulfonamides is 1. The quantitative estimate of drug-likeness (QED) is 0.351. The van der Waals surface area contributed by atoms with E-state index in [1.807, 2.05) is 0 Å². The Morgan fingerprint density at radius 1 is 0.861 bits per heavy atom. The second-order valence-corrected chi connectivity index (χ2v) is 9.19. The molecule has 4 aromatic rings. The van der Waals surface area contributed by atoms with Crippen LogP contribution in [0.1, 0.15) is 10.4 Å². The third kappa shape index (κ3) is 5.26. The van der Waals surface area contributed by atoms with Crippen LogP contribution in [0.5, 0.6) is 17.2 Å². The van der Waals surface area contributed by atoms with Crippen LogP contribution in [0, 0.1) is 0 Å². The van der Waals surface area contributed by atoms with Gasteiger partial charge in [0.05, 0.1) is 50.0 Å². The number of benzene rings is 3. The summed E-state index contributed by atoms with van der Waals surface area (Å²) < 4.78 is 45.1. The number of anilines is 2. The molecule has 186 valence electrons. The molecular formula is C25H24N4O6S. The molecule has 10 nitrogen and oxygen atoms in total. The highest BCUT2D eigenvalue weighted by atomic mass is 32.2. The molecule has 4 rings (SSSR count). The molecule has 2 N–H and O–H groups in total. The zero-order valence-corrected chi connectivity index (χ0v) is 20.6. The summed E-state index contributed by atoms with van der Waals surface area (Å²) in [4.78, 5) is 13.1. The first-order valence-electron chi connectivity index (χ1n) is 10.7. The highest BCUT2D eigenvalue weighted by molar-refractivity contribution is 7.92. The smallest absolute Gasteiger partial charge is 0.261 e. The second kappa shape index (κ2) is 10.4. The molecule has 0 aliphatic heterocycles. The Hall–Kier alpha value is -4.51. The highest BCUT2D eigenvalue weighted by Crippen LogP contribution is 2.40. The van der Waals surface area contributed by atoms with Gasteiger partial charge in [-0.25, -0.2) is 13.1 Å². The minimum atomic E-state index is -3.75. The molecule has 1 aromatic heterocycles. The molecule has 36 heavy (non-hydrogen) atoms. The Labute approximate surface area is 208 Å². The lowest BCUT2D eigenvalue weighted by Crippen LogP contribution is -2.13. The van der Waals surface area contributed by atoms with Crippen molar-refractivity contribution in [3.8, 4) is 22.9 Å².